The standard InChI is InChI=1S/C21H26N4O2S/c1-14-2-4-15(5-3-14)12-25-9-8-16(13-25)24-20(26)11-23-21(27)18-10-17(28)6-7-19(18)22/h2-7,10,16,28H,8-9,11-13,22H2,1H3,(H,23,27)(H,24,26). The highest BCUT2D eigenvalue weighted by molar-refractivity contribution is 7.80. The Morgan fingerprint density at radius 3 is 2.71 bits per heavy atom. The van der Waals surface area contributed by atoms with Crippen LogP contribution in [0, 0.1) is 6.92 Å². The molecule has 1 unspecified atom stereocenters. The third-order valence-electron chi connectivity index (χ3n) is 4.86. The van der Waals surface area contributed by atoms with Gasteiger partial charge in [-0.05, 0) is 37.1 Å². The Balaban J connectivity index is 1.43. The minimum absolute atomic E-state index is 0.0798. The maximum absolute atomic E-state index is 12.2. The number of amides is 2. The number of anilines is 1. The fourth-order valence-corrected chi connectivity index (χ4v) is 3.52. The second-order valence-corrected chi connectivity index (χ2v) is 7.74. The number of benzene rings is 2. The van der Waals surface area contributed by atoms with Crippen LogP contribution in [0.5, 0.6) is 0 Å². The molecule has 0 bridgehead atoms. The van der Waals surface area contributed by atoms with Gasteiger partial charge in [-0.15, -0.1) is 12.6 Å². The third kappa shape index (κ3) is 5.50. The van der Waals surface area contributed by atoms with Crippen LogP contribution in [0.15, 0.2) is 47.4 Å². The van der Waals surface area contributed by atoms with Crippen LogP contribution in [0.4, 0.5) is 5.69 Å². The number of rotatable bonds is 6. The molecule has 3 rings (SSSR count). The fraction of sp³-hybridized carbons (Fsp3) is 0.333. The number of hydrogen-bond donors (Lipinski definition) is 4. The van der Waals surface area contributed by atoms with Crippen LogP contribution in [0.1, 0.15) is 27.9 Å². The highest BCUT2D eigenvalue weighted by Gasteiger charge is 2.24. The van der Waals surface area contributed by atoms with E-state index in [0.29, 0.717) is 16.1 Å². The largest absolute Gasteiger partial charge is 0.398 e. The van der Waals surface area contributed by atoms with Crippen LogP contribution < -0.4 is 16.4 Å². The Morgan fingerprint density at radius 2 is 1.96 bits per heavy atom. The van der Waals surface area contributed by atoms with E-state index in [0.717, 1.165) is 26.1 Å². The first-order chi connectivity index (χ1) is 13.4. The first-order valence-corrected chi connectivity index (χ1v) is 9.79. The lowest BCUT2D eigenvalue weighted by Crippen LogP contribution is -2.43. The predicted octanol–water partition coefficient (Wildman–Crippen LogP) is 1.99. The van der Waals surface area contributed by atoms with Gasteiger partial charge in [0.15, 0.2) is 0 Å². The highest BCUT2D eigenvalue weighted by atomic mass is 32.1. The number of nitrogens with one attached hydrogen (secondary N) is 2. The number of nitrogens with zero attached hydrogens (tertiary/aromatic N) is 1. The van der Waals surface area contributed by atoms with E-state index in [9.17, 15) is 9.59 Å². The van der Waals surface area contributed by atoms with Gasteiger partial charge in [0.25, 0.3) is 5.91 Å². The van der Waals surface area contributed by atoms with E-state index >= 15 is 0 Å². The molecule has 1 heterocycles. The molecule has 1 aliphatic rings. The molecule has 7 heteroatoms. The third-order valence-corrected chi connectivity index (χ3v) is 5.13. The number of aryl methyl sites for hydroxylation is 1. The average Bonchev–Trinajstić information content (AvgIpc) is 3.10. The van der Waals surface area contributed by atoms with E-state index in [1.807, 2.05) is 0 Å². The van der Waals surface area contributed by atoms with Crippen LogP contribution in [0.2, 0.25) is 0 Å². The van der Waals surface area contributed by atoms with Crippen LogP contribution >= 0.6 is 12.6 Å². The molecule has 0 aliphatic carbocycles. The van der Waals surface area contributed by atoms with Crippen molar-refractivity contribution < 1.29 is 9.59 Å². The first-order valence-electron chi connectivity index (χ1n) is 9.34. The lowest BCUT2D eigenvalue weighted by molar-refractivity contribution is -0.120. The monoisotopic (exact) mass is 398 g/mol. The molecule has 1 saturated heterocycles. The normalized spacial score (nSPS) is 16.7. The number of thiol groups is 1. The van der Waals surface area contributed by atoms with Gasteiger partial charge >= 0.3 is 0 Å². The summed E-state index contributed by atoms with van der Waals surface area (Å²) in [5.74, 6) is -0.577. The Kier molecular flexibility index (Phi) is 6.59. The molecule has 1 fully saturated rings. The summed E-state index contributed by atoms with van der Waals surface area (Å²) in [7, 11) is 0. The Labute approximate surface area is 170 Å². The van der Waals surface area contributed by atoms with E-state index in [4.69, 9.17) is 5.73 Å². The van der Waals surface area contributed by atoms with Gasteiger partial charge in [0, 0.05) is 36.3 Å². The van der Waals surface area contributed by atoms with Crippen molar-refractivity contribution in [3.8, 4) is 0 Å². The van der Waals surface area contributed by atoms with Crippen molar-refractivity contribution in [3.05, 3.63) is 59.2 Å². The lowest BCUT2D eigenvalue weighted by atomic mass is 10.1. The smallest absolute Gasteiger partial charge is 0.253 e. The Bertz CT molecular complexity index is 854. The zero-order valence-corrected chi connectivity index (χ0v) is 16.8. The predicted molar refractivity (Wildman–Crippen MR) is 113 cm³/mol. The number of nitrogen functional groups attached to an aromatic ring is 1. The molecular weight excluding hydrogens is 372 g/mol. The average molecular weight is 399 g/mol. The zero-order chi connectivity index (χ0) is 20.1. The zero-order valence-electron chi connectivity index (χ0n) is 15.9. The van der Waals surface area contributed by atoms with E-state index < -0.39 is 0 Å². The Hall–Kier alpha value is -2.51. The number of nitrogens with two attached hydrogens (primary N) is 1. The van der Waals surface area contributed by atoms with Crippen molar-refractivity contribution in [1.29, 1.82) is 0 Å². The van der Waals surface area contributed by atoms with Gasteiger partial charge in [0.2, 0.25) is 5.91 Å². The van der Waals surface area contributed by atoms with Crippen molar-refractivity contribution in [1.82, 2.24) is 15.5 Å². The van der Waals surface area contributed by atoms with Gasteiger partial charge in [0.1, 0.15) is 0 Å². The molecule has 148 valence electrons. The van der Waals surface area contributed by atoms with E-state index in [-0.39, 0.29) is 24.4 Å². The van der Waals surface area contributed by atoms with Gasteiger partial charge in [-0.3, -0.25) is 14.5 Å². The molecule has 0 saturated carbocycles. The molecule has 2 amide bonds. The van der Waals surface area contributed by atoms with Gasteiger partial charge in [-0.2, -0.15) is 0 Å². The maximum Gasteiger partial charge on any atom is 0.253 e. The lowest BCUT2D eigenvalue weighted by Gasteiger charge is -2.17. The van der Waals surface area contributed by atoms with Crippen molar-refractivity contribution in [2.75, 3.05) is 25.4 Å². The molecule has 1 aliphatic heterocycles. The molecule has 0 aromatic heterocycles. The molecule has 28 heavy (non-hydrogen) atoms. The van der Waals surface area contributed by atoms with Gasteiger partial charge < -0.3 is 16.4 Å². The molecule has 2 aromatic carbocycles. The molecule has 0 radical (unpaired) electrons. The number of carbonyl (C=O) groups excluding carboxylic acids is 2. The van der Waals surface area contributed by atoms with Crippen LogP contribution in [0.3, 0.4) is 0 Å². The molecule has 2 aromatic rings. The first kappa shape index (κ1) is 20.2. The summed E-state index contributed by atoms with van der Waals surface area (Å²) in [6, 6.07) is 13.5. The van der Waals surface area contributed by atoms with Crippen LogP contribution in [-0.4, -0.2) is 42.4 Å². The van der Waals surface area contributed by atoms with Gasteiger partial charge in [-0.25, -0.2) is 0 Å². The highest BCUT2D eigenvalue weighted by Crippen LogP contribution is 2.17. The maximum atomic E-state index is 12.2. The van der Waals surface area contributed by atoms with Crippen molar-refractivity contribution in [2.45, 2.75) is 30.8 Å². The van der Waals surface area contributed by atoms with Crippen molar-refractivity contribution in [3.63, 3.8) is 0 Å². The van der Waals surface area contributed by atoms with Crippen LogP contribution in [-0.2, 0) is 11.3 Å². The quantitative estimate of drug-likeness (QED) is 0.443. The fourth-order valence-electron chi connectivity index (χ4n) is 3.32. The SMILES string of the molecule is Cc1ccc(CN2CCC(NC(=O)CNC(=O)c3cc(S)ccc3N)C2)cc1. The summed E-state index contributed by atoms with van der Waals surface area (Å²) in [4.78, 5) is 27.4. The van der Waals surface area contributed by atoms with E-state index in [1.54, 1.807) is 18.2 Å². The summed E-state index contributed by atoms with van der Waals surface area (Å²) in [5, 5.41) is 5.61. The summed E-state index contributed by atoms with van der Waals surface area (Å²) >= 11 is 4.21. The molecular formula is C21H26N4O2S. The summed E-state index contributed by atoms with van der Waals surface area (Å²) in [6.45, 7) is 4.62. The van der Waals surface area contributed by atoms with Crippen LogP contribution in [0.25, 0.3) is 0 Å². The number of hydrogen-bond acceptors (Lipinski definition) is 5. The second kappa shape index (κ2) is 9.12. The van der Waals surface area contributed by atoms with Gasteiger partial charge in [0.05, 0.1) is 12.1 Å². The van der Waals surface area contributed by atoms with Crippen molar-refractivity contribution >= 4 is 30.1 Å². The van der Waals surface area contributed by atoms with E-state index in [2.05, 4.69) is 59.4 Å². The molecule has 4 N–H and O–H groups in total. The number of carbonyl (C=O) groups is 2. The van der Waals surface area contributed by atoms with E-state index in [1.165, 1.54) is 11.1 Å². The molecule has 1 atom stereocenters. The molecule has 0 spiro atoms. The summed E-state index contributed by atoms with van der Waals surface area (Å²) in [6.07, 6.45) is 0.903. The minimum Gasteiger partial charge on any atom is -0.398 e. The Morgan fingerprint density at radius 1 is 1.21 bits per heavy atom. The molecule has 6 nitrogen and oxygen atoms in total. The number of likely N-dealkylation sites (tertiary alicyclic amines) is 1. The topological polar surface area (TPSA) is 87.5 Å². The van der Waals surface area contributed by atoms with Gasteiger partial charge in [-0.1, -0.05) is 29.8 Å². The van der Waals surface area contributed by atoms with Crippen molar-refractivity contribution in [2.24, 2.45) is 0 Å². The summed E-state index contributed by atoms with van der Waals surface area (Å²) in [5.41, 5.74) is 9.02. The summed E-state index contributed by atoms with van der Waals surface area (Å²) < 4.78 is 0. The second-order valence-electron chi connectivity index (χ2n) is 7.23. The minimum atomic E-state index is -0.379.